The molecule has 1 aromatic carbocycles. The fourth-order valence-corrected chi connectivity index (χ4v) is 1.17. The highest BCUT2D eigenvalue weighted by molar-refractivity contribution is 5.51. The van der Waals surface area contributed by atoms with Crippen molar-refractivity contribution in [2.75, 3.05) is 11.9 Å². The topological polar surface area (TPSA) is 52.5 Å². The lowest BCUT2D eigenvalue weighted by Gasteiger charge is -2.19. The van der Waals surface area contributed by atoms with E-state index in [1.807, 2.05) is 6.07 Å². The van der Waals surface area contributed by atoms with Crippen molar-refractivity contribution in [2.45, 2.75) is 27.4 Å². The molecule has 0 aliphatic rings. The van der Waals surface area contributed by atoms with E-state index in [1.165, 1.54) is 0 Å². The fourth-order valence-electron chi connectivity index (χ4n) is 1.17. The van der Waals surface area contributed by atoms with Crippen LogP contribution in [0.15, 0.2) is 18.2 Å². The van der Waals surface area contributed by atoms with Crippen molar-refractivity contribution in [3.63, 3.8) is 0 Å². The molecule has 0 fully saturated rings. The van der Waals surface area contributed by atoms with Crippen LogP contribution in [0.5, 0.6) is 5.75 Å². The molecule has 0 unspecified atom stereocenters. The van der Waals surface area contributed by atoms with E-state index >= 15 is 0 Å². The van der Waals surface area contributed by atoms with Crippen molar-refractivity contribution in [1.29, 1.82) is 0 Å². The van der Waals surface area contributed by atoms with E-state index in [4.69, 9.17) is 5.11 Å². The maximum atomic E-state index is 9.52. The fraction of sp³-hybridized carbons (Fsp3) is 0.500. The van der Waals surface area contributed by atoms with Gasteiger partial charge in [0.15, 0.2) is 0 Å². The van der Waals surface area contributed by atoms with Crippen LogP contribution < -0.4 is 5.32 Å². The maximum Gasteiger partial charge on any atom is 0.123 e. The summed E-state index contributed by atoms with van der Waals surface area (Å²) in [5.74, 6) is 0.136. The van der Waals surface area contributed by atoms with E-state index in [-0.39, 0.29) is 17.8 Å². The minimum absolute atomic E-state index is 0.134. The third-order valence-electron chi connectivity index (χ3n) is 2.08. The van der Waals surface area contributed by atoms with Crippen molar-refractivity contribution in [1.82, 2.24) is 0 Å². The highest BCUT2D eigenvalue weighted by Gasteiger charge is 2.09. The number of anilines is 1. The van der Waals surface area contributed by atoms with Crippen LogP contribution in [-0.4, -0.2) is 16.8 Å². The van der Waals surface area contributed by atoms with Crippen LogP contribution in [0, 0.1) is 5.41 Å². The molecule has 15 heavy (non-hydrogen) atoms. The van der Waals surface area contributed by atoms with Crippen molar-refractivity contribution >= 4 is 5.69 Å². The Morgan fingerprint density at radius 2 is 1.93 bits per heavy atom. The monoisotopic (exact) mass is 209 g/mol. The standard InChI is InChI=1S/C12H19NO2/c1-12(2,3)8-13-10-5-4-9(7-14)11(15)6-10/h4-6,13-15H,7-8H2,1-3H3. The van der Waals surface area contributed by atoms with Gasteiger partial charge in [0, 0.05) is 23.9 Å². The molecule has 0 aromatic heterocycles. The predicted molar refractivity (Wildman–Crippen MR) is 62.0 cm³/mol. The average molecular weight is 209 g/mol. The molecule has 0 aliphatic heterocycles. The van der Waals surface area contributed by atoms with E-state index in [0.717, 1.165) is 12.2 Å². The number of hydrogen-bond acceptors (Lipinski definition) is 3. The first kappa shape index (κ1) is 11.9. The Morgan fingerprint density at radius 3 is 2.40 bits per heavy atom. The Balaban J connectivity index is 2.68. The van der Waals surface area contributed by atoms with Crippen LogP contribution in [0.3, 0.4) is 0 Å². The minimum Gasteiger partial charge on any atom is -0.508 e. The van der Waals surface area contributed by atoms with Gasteiger partial charge in [-0.2, -0.15) is 0 Å². The van der Waals surface area contributed by atoms with Gasteiger partial charge in [-0.05, 0) is 11.5 Å². The normalized spacial score (nSPS) is 11.5. The Morgan fingerprint density at radius 1 is 1.27 bits per heavy atom. The molecule has 84 valence electrons. The number of aliphatic hydroxyl groups excluding tert-OH is 1. The first-order valence-electron chi connectivity index (χ1n) is 5.09. The van der Waals surface area contributed by atoms with Crippen LogP contribution in [0.1, 0.15) is 26.3 Å². The molecule has 0 spiro atoms. The second-order valence-corrected chi connectivity index (χ2v) is 4.92. The van der Waals surface area contributed by atoms with E-state index in [1.54, 1.807) is 12.1 Å². The van der Waals surface area contributed by atoms with Crippen molar-refractivity contribution in [2.24, 2.45) is 5.41 Å². The number of benzene rings is 1. The first-order valence-corrected chi connectivity index (χ1v) is 5.09. The summed E-state index contributed by atoms with van der Waals surface area (Å²) in [5, 5.41) is 21.6. The van der Waals surface area contributed by atoms with Gasteiger partial charge >= 0.3 is 0 Å². The quantitative estimate of drug-likeness (QED) is 0.716. The number of aromatic hydroxyl groups is 1. The molecule has 1 rings (SSSR count). The van der Waals surface area contributed by atoms with Crippen LogP contribution in [0.2, 0.25) is 0 Å². The molecule has 1 aromatic rings. The number of hydrogen-bond donors (Lipinski definition) is 3. The van der Waals surface area contributed by atoms with E-state index in [2.05, 4.69) is 26.1 Å². The summed E-state index contributed by atoms with van der Waals surface area (Å²) in [5.41, 5.74) is 1.63. The van der Waals surface area contributed by atoms with Gasteiger partial charge in [0.05, 0.1) is 6.61 Å². The zero-order valence-electron chi connectivity index (χ0n) is 9.54. The Hall–Kier alpha value is -1.22. The number of nitrogens with one attached hydrogen (secondary N) is 1. The van der Waals surface area contributed by atoms with Crippen LogP contribution in [0.4, 0.5) is 5.69 Å². The highest BCUT2D eigenvalue weighted by Crippen LogP contribution is 2.23. The molecule has 0 aliphatic carbocycles. The first-order chi connectivity index (χ1) is 6.92. The molecule has 0 bridgehead atoms. The summed E-state index contributed by atoms with van der Waals surface area (Å²) in [6.45, 7) is 7.13. The van der Waals surface area contributed by atoms with Gasteiger partial charge in [-0.25, -0.2) is 0 Å². The molecule has 0 atom stereocenters. The van der Waals surface area contributed by atoms with E-state index in [9.17, 15) is 5.11 Å². The zero-order valence-corrected chi connectivity index (χ0v) is 9.54. The molecular weight excluding hydrogens is 190 g/mol. The smallest absolute Gasteiger partial charge is 0.123 e. The Bertz CT molecular complexity index is 329. The van der Waals surface area contributed by atoms with Crippen molar-refractivity contribution in [3.05, 3.63) is 23.8 Å². The van der Waals surface area contributed by atoms with Crippen molar-refractivity contribution in [3.8, 4) is 5.75 Å². The number of phenols is 1. The minimum atomic E-state index is -0.134. The number of rotatable bonds is 3. The van der Waals surface area contributed by atoms with Gasteiger partial charge in [-0.15, -0.1) is 0 Å². The third kappa shape index (κ3) is 3.80. The lowest BCUT2D eigenvalue weighted by molar-refractivity contribution is 0.275. The summed E-state index contributed by atoms with van der Waals surface area (Å²) in [6, 6.07) is 5.22. The Labute approximate surface area is 90.8 Å². The molecule has 0 heterocycles. The average Bonchev–Trinajstić information content (AvgIpc) is 2.14. The molecule has 0 radical (unpaired) electrons. The summed E-state index contributed by atoms with van der Waals surface area (Å²) >= 11 is 0. The number of aliphatic hydroxyl groups is 1. The van der Waals surface area contributed by atoms with Gasteiger partial charge in [0.2, 0.25) is 0 Å². The van der Waals surface area contributed by atoms with Crippen LogP contribution in [0.25, 0.3) is 0 Å². The summed E-state index contributed by atoms with van der Waals surface area (Å²) in [4.78, 5) is 0. The van der Waals surface area contributed by atoms with Gasteiger partial charge in [-0.1, -0.05) is 26.8 Å². The lowest BCUT2D eigenvalue weighted by Crippen LogP contribution is -2.18. The SMILES string of the molecule is CC(C)(C)CNc1ccc(CO)c(O)c1. The van der Waals surface area contributed by atoms with Crippen LogP contribution >= 0.6 is 0 Å². The molecule has 3 heteroatoms. The van der Waals surface area contributed by atoms with Crippen molar-refractivity contribution < 1.29 is 10.2 Å². The van der Waals surface area contributed by atoms with Gasteiger partial charge < -0.3 is 15.5 Å². The zero-order chi connectivity index (χ0) is 11.5. The molecule has 0 saturated heterocycles. The van der Waals surface area contributed by atoms with Crippen LogP contribution in [-0.2, 0) is 6.61 Å². The molecule has 0 saturated carbocycles. The summed E-state index contributed by atoms with van der Waals surface area (Å²) in [6.07, 6.45) is 0. The molecule has 3 N–H and O–H groups in total. The molecule has 0 amide bonds. The summed E-state index contributed by atoms with van der Waals surface area (Å²) in [7, 11) is 0. The third-order valence-corrected chi connectivity index (χ3v) is 2.08. The highest BCUT2D eigenvalue weighted by atomic mass is 16.3. The lowest BCUT2D eigenvalue weighted by atomic mass is 9.97. The maximum absolute atomic E-state index is 9.52. The largest absolute Gasteiger partial charge is 0.508 e. The second-order valence-electron chi connectivity index (χ2n) is 4.92. The van der Waals surface area contributed by atoms with Gasteiger partial charge in [0.1, 0.15) is 5.75 Å². The molecule has 3 nitrogen and oxygen atoms in total. The van der Waals surface area contributed by atoms with E-state index in [0.29, 0.717) is 5.56 Å². The van der Waals surface area contributed by atoms with E-state index < -0.39 is 0 Å². The predicted octanol–water partition coefficient (Wildman–Crippen LogP) is 2.34. The second kappa shape index (κ2) is 4.53. The van der Waals surface area contributed by atoms with Gasteiger partial charge in [0.25, 0.3) is 0 Å². The molecular formula is C12H19NO2. The summed E-state index contributed by atoms with van der Waals surface area (Å²) < 4.78 is 0. The van der Waals surface area contributed by atoms with Gasteiger partial charge in [-0.3, -0.25) is 0 Å². The Kier molecular flexibility index (Phi) is 3.58.